The van der Waals surface area contributed by atoms with E-state index in [0.717, 1.165) is 24.0 Å². The van der Waals surface area contributed by atoms with Crippen molar-refractivity contribution >= 4 is 40.3 Å². The van der Waals surface area contributed by atoms with E-state index >= 15 is 0 Å². The van der Waals surface area contributed by atoms with Crippen molar-refractivity contribution < 1.29 is 23.5 Å². The third-order valence-electron chi connectivity index (χ3n) is 9.43. The summed E-state index contributed by atoms with van der Waals surface area (Å²) in [6.07, 6.45) is 8.80. The third-order valence-corrected chi connectivity index (χ3v) is 9.68. The first-order valence-corrected chi connectivity index (χ1v) is 17.2. The molecule has 47 heavy (non-hydrogen) atoms. The molecule has 3 aromatic carbocycles. The van der Waals surface area contributed by atoms with Crippen LogP contribution in [0.1, 0.15) is 79.6 Å². The molecule has 1 aliphatic carbocycles. The van der Waals surface area contributed by atoms with E-state index in [9.17, 15) is 14.4 Å². The lowest BCUT2D eigenvalue weighted by Crippen LogP contribution is -2.51. The molecule has 2 amide bonds. The van der Waals surface area contributed by atoms with Crippen LogP contribution in [0.4, 0.5) is 0 Å². The molecule has 0 bridgehead atoms. The second kappa shape index (κ2) is 15.7. The fourth-order valence-electron chi connectivity index (χ4n) is 6.85. The number of likely N-dealkylation sites (tertiary alicyclic amines) is 1. The number of benzene rings is 3. The zero-order valence-corrected chi connectivity index (χ0v) is 27.4. The van der Waals surface area contributed by atoms with E-state index < -0.39 is 17.9 Å². The number of oxazole rings is 1. The molecule has 1 aromatic heterocycles. The maximum Gasteiger partial charge on any atom is 0.266 e. The minimum atomic E-state index is -0.935. The molecule has 1 aliphatic heterocycles. The van der Waals surface area contributed by atoms with E-state index in [1.165, 1.54) is 32.1 Å². The molecule has 2 fully saturated rings. The predicted molar refractivity (Wildman–Crippen MR) is 181 cm³/mol. The van der Waals surface area contributed by atoms with Crippen LogP contribution in [0.2, 0.25) is 5.02 Å². The van der Waals surface area contributed by atoms with Gasteiger partial charge in [-0.3, -0.25) is 14.4 Å². The number of nitrogens with one attached hydrogen (secondary N) is 1. The quantitative estimate of drug-likeness (QED) is 0.151. The summed E-state index contributed by atoms with van der Waals surface area (Å²) in [5, 5.41) is 3.64. The number of hydrogen-bond acceptors (Lipinski definition) is 6. The SMILES string of the molecule is O=C(c1nc2ccccc2o1)[C@H](Cc1ccccc1)NC(=O)[C@@H]1C[C@@H](OCc2ccc(Cl)cc2)CN1C(=O)CCCC1CCCCC1. The summed E-state index contributed by atoms with van der Waals surface area (Å²) in [4.78, 5) is 47.6. The number of ketones is 1. The molecule has 4 aromatic rings. The van der Waals surface area contributed by atoms with Gasteiger partial charge in [0, 0.05) is 30.8 Å². The molecule has 0 unspecified atom stereocenters. The van der Waals surface area contributed by atoms with Gasteiger partial charge in [-0.15, -0.1) is 0 Å². The molecule has 246 valence electrons. The van der Waals surface area contributed by atoms with Gasteiger partial charge in [-0.2, -0.15) is 0 Å². The Morgan fingerprint density at radius 2 is 1.68 bits per heavy atom. The molecule has 1 saturated carbocycles. The van der Waals surface area contributed by atoms with Gasteiger partial charge in [0.05, 0.1) is 12.7 Å². The van der Waals surface area contributed by atoms with Crippen LogP contribution in [0.25, 0.3) is 11.1 Å². The lowest BCUT2D eigenvalue weighted by Gasteiger charge is -2.26. The number of aromatic nitrogens is 1. The maximum atomic E-state index is 14.1. The molecule has 8 nitrogen and oxygen atoms in total. The number of carbonyl (C=O) groups excluding carboxylic acids is 3. The first-order chi connectivity index (χ1) is 22.9. The van der Waals surface area contributed by atoms with Crippen molar-refractivity contribution in [1.82, 2.24) is 15.2 Å². The molecule has 6 rings (SSSR count). The van der Waals surface area contributed by atoms with E-state index in [1.807, 2.05) is 66.7 Å². The number of ether oxygens (including phenoxy) is 1. The van der Waals surface area contributed by atoms with Crippen LogP contribution < -0.4 is 5.32 Å². The molecule has 9 heteroatoms. The lowest BCUT2D eigenvalue weighted by molar-refractivity contribution is -0.138. The number of hydrogen-bond donors (Lipinski definition) is 1. The minimum Gasteiger partial charge on any atom is -0.434 e. The van der Waals surface area contributed by atoms with Crippen LogP contribution in [0.15, 0.2) is 83.3 Å². The summed E-state index contributed by atoms with van der Waals surface area (Å²) in [6.45, 7) is 0.656. The Balaban J connectivity index is 1.18. The van der Waals surface area contributed by atoms with E-state index in [-0.39, 0.29) is 30.2 Å². The van der Waals surface area contributed by atoms with Crippen molar-refractivity contribution in [2.75, 3.05) is 6.54 Å². The molecule has 2 heterocycles. The van der Waals surface area contributed by atoms with E-state index in [1.54, 1.807) is 17.0 Å². The number of Topliss-reactive ketones (excluding diaryl/α,β-unsaturated/α-hetero) is 1. The smallest absolute Gasteiger partial charge is 0.266 e. The van der Waals surface area contributed by atoms with E-state index in [2.05, 4.69) is 10.3 Å². The fraction of sp³-hybridized carbons (Fsp3) is 0.421. The highest BCUT2D eigenvalue weighted by Crippen LogP contribution is 2.29. The van der Waals surface area contributed by atoms with Crippen LogP contribution in [-0.2, 0) is 27.4 Å². The number of amides is 2. The Morgan fingerprint density at radius 3 is 2.45 bits per heavy atom. The third kappa shape index (κ3) is 8.67. The number of para-hydroxylation sites is 2. The van der Waals surface area contributed by atoms with Crippen LogP contribution in [0.5, 0.6) is 0 Å². The number of rotatable bonds is 13. The number of halogens is 1. The summed E-state index contributed by atoms with van der Waals surface area (Å²) in [6, 6.07) is 22.4. The van der Waals surface area contributed by atoms with Crippen LogP contribution >= 0.6 is 11.6 Å². The van der Waals surface area contributed by atoms with Gasteiger partial charge in [0.1, 0.15) is 17.6 Å². The van der Waals surface area contributed by atoms with Crippen LogP contribution in [0, 0.1) is 5.92 Å². The predicted octanol–water partition coefficient (Wildman–Crippen LogP) is 7.33. The summed E-state index contributed by atoms with van der Waals surface area (Å²) in [7, 11) is 0. The Bertz CT molecular complexity index is 1620. The van der Waals surface area contributed by atoms with Crippen molar-refractivity contribution in [2.24, 2.45) is 5.92 Å². The van der Waals surface area contributed by atoms with Gasteiger partial charge in [-0.25, -0.2) is 4.98 Å². The molecule has 0 spiro atoms. The lowest BCUT2D eigenvalue weighted by atomic mass is 9.86. The molecule has 1 N–H and O–H groups in total. The highest BCUT2D eigenvalue weighted by molar-refractivity contribution is 6.30. The second-order valence-corrected chi connectivity index (χ2v) is 13.3. The number of fused-ring (bicyclic) bond motifs is 1. The van der Waals surface area contributed by atoms with Crippen molar-refractivity contribution in [1.29, 1.82) is 0 Å². The van der Waals surface area contributed by atoms with Gasteiger partial charge >= 0.3 is 0 Å². The summed E-state index contributed by atoms with van der Waals surface area (Å²) < 4.78 is 12.0. The zero-order valence-electron chi connectivity index (χ0n) is 26.6. The molecular weight excluding hydrogens is 614 g/mol. The standard InChI is InChI=1S/C38H42ClN3O5/c39-29-20-18-28(19-21-29)25-46-30-23-33(42(24-30)35(43)17-9-14-26-10-3-1-4-11-26)37(45)40-32(22-27-12-5-2-6-13-27)36(44)38-41-31-15-7-8-16-34(31)47-38/h2,5-8,12-13,15-16,18-21,26,30,32-33H,1,3-4,9-11,14,17,22-25H2,(H,40,45)/t30-,32+,33+/m1/s1. The van der Waals surface area contributed by atoms with Crippen molar-refractivity contribution in [2.45, 2.75) is 89.0 Å². The van der Waals surface area contributed by atoms with Crippen molar-refractivity contribution in [3.8, 4) is 0 Å². The minimum absolute atomic E-state index is 0.0524. The van der Waals surface area contributed by atoms with Crippen LogP contribution in [-0.4, -0.2) is 52.2 Å². The topological polar surface area (TPSA) is 102 Å². The van der Waals surface area contributed by atoms with Gasteiger partial charge < -0.3 is 19.4 Å². The van der Waals surface area contributed by atoms with Gasteiger partial charge in [0.15, 0.2) is 5.58 Å². The van der Waals surface area contributed by atoms with Crippen molar-refractivity contribution in [3.05, 3.63) is 101 Å². The summed E-state index contributed by atoms with van der Waals surface area (Å²) in [5.41, 5.74) is 2.91. The molecule has 3 atom stereocenters. The monoisotopic (exact) mass is 655 g/mol. The summed E-state index contributed by atoms with van der Waals surface area (Å²) >= 11 is 6.05. The molecule has 2 aliphatic rings. The van der Waals surface area contributed by atoms with Crippen molar-refractivity contribution in [3.63, 3.8) is 0 Å². The Kier molecular flexibility index (Phi) is 11.0. The van der Waals surface area contributed by atoms with Gasteiger partial charge in [-0.1, -0.05) is 98.3 Å². The highest BCUT2D eigenvalue weighted by atomic mass is 35.5. The second-order valence-electron chi connectivity index (χ2n) is 12.9. The first kappa shape index (κ1) is 32.9. The average molecular weight is 656 g/mol. The van der Waals surface area contributed by atoms with E-state index in [0.29, 0.717) is 48.0 Å². The van der Waals surface area contributed by atoms with E-state index in [4.69, 9.17) is 20.8 Å². The molecular formula is C38H42ClN3O5. The van der Waals surface area contributed by atoms with Gasteiger partial charge in [-0.05, 0) is 54.2 Å². The first-order valence-electron chi connectivity index (χ1n) is 16.8. The maximum absolute atomic E-state index is 14.1. The Labute approximate surface area is 280 Å². The average Bonchev–Trinajstić information content (AvgIpc) is 3.74. The number of carbonyl (C=O) groups is 3. The fourth-order valence-corrected chi connectivity index (χ4v) is 6.98. The Hall–Kier alpha value is -4.01. The molecule has 0 radical (unpaired) electrons. The van der Waals surface area contributed by atoms with Gasteiger partial charge in [0.2, 0.25) is 17.6 Å². The largest absolute Gasteiger partial charge is 0.434 e. The number of nitrogens with zero attached hydrogens (tertiary/aromatic N) is 2. The normalized spacial score (nSPS) is 19.1. The highest BCUT2D eigenvalue weighted by Gasteiger charge is 2.41. The Morgan fingerprint density at radius 1 is 0.936 bits per heavy atom. The van der Waals surface area contributed by atoms with Gasteiger partial charge in [0.25, 0.3) is 5.89 Å². The van der Waals surface area contributed by atoms with Crippen LogP contribution in [0.3, 0.4) is 0 Å². The summed E-state index contributed by atoms with van der Waals surface area (Å²) in [5.74, 6) is -0.227. The molecule has 1 saturated heterocycles. The zero-order chi connectivity index (χ0) is 32.6.